The lowest BCUT2D eigenvalue weighted by molar-refractivity contribution is -0.132. The maximum Gasteiger partial charge on any atom is 0.261 e. The van der Waals surface area contributed by atoms with E-state index in [4.69, 9.17) is 27.9 Å². The van der Waals surface area contributed by atoms with E-state index in [0.29, 0.717) is 28.9 Å². The zero-order chi connectivity index (χ0) is 14.3. The second-order valence-electron chi connectivity index (χ2n) is 3.77. The Morgan fingerprint density at radius 3 is 2.16 bits per heavy atom. The van der Waals surface area contributed by atoms with Crippen LogP contribution in [-0.4, -0.2) is 30.5 Å². The van der Waals surface area contributed by atoms with E-state index in [9.17, 15) is 4.79 Å². The molecule has 0 aliphatic rings. The summed E-state index contributed by atoms with van der Waals surface area (Å²) in [5.74, 6) is 0.305. The summed E-state index contributed by atoms with van der Waals surface area (Å²) in [6.07, 6.45) is 3.30. The van der Waals surface area contributed by atoms with Gasteiger partial charge in [-0.1, -0.05) is 35.4 Å². The molecule has 0 atom stereocenters. The van der Waals surface area contributed by atoms with Crippen molar-refractivity contribution in [3.63, 3.8) is 0 Å². The molecule has 1 rings (SSSR count). The number of rotatable bonds is 7. The van der Waals surface area contributed by atoms with E-state index in [0.717, 1.165) is 0 Å². The van der Waals surface area contributed by atoms with Gasteiger partial charge in [0.25, 0.3) is 5.91 Å². The van der Waals surface area contributed by atoms with Crippen LogP contribution in [0.25, 0.3) is 0 Å². The molecule has 5 heteroatoms. The van der Waals surface area contributed by atoms with Crippen LogP contribution in [0.15, 0.2) is 43.5 Å². The fourth-order valence-electron chi connectivity index (χ4n) is 1.44. The van der Waals surface area contributed by atoms with E-state index < -0.39 is 0 Å². The first kappa shape index (κ1) is 15.6. The zero-order valence-corrected chi connectivity index (χ0v) is 12.0. The van der Waals surface area contributed by atoms with E-state index in [1.165, 1.54) is 0 Å². The van der Waals surface area contributed by atoms with Crippen molar-refractivity contribution in [3.05, 3.63) is 53.6 Å². The zero-order valence-electron chi connectivity index (χ0n) is 10.4. The highest BCUT2D eigenvalue weighted by Crippen LogP contribution is 2.24. The molecule has 19 heavy (non-hydrogen) atoms. The SMILES string of the molecule is C=CCN(CC=C)C(=O)COc1cc(Cl)cc(Cl)c1. The van der Waals surface area contributed by atoms with E-state index in [2.05, 4.69) is 13.2 Å². The smallest absolute Gasteiger partial charge is 0.261 e. The summed E-state index contributed by atoms with van der Waals surface area (Å²) in [5.41, 5.74) is 0. The minimum atomic E-state index is -0.157. The third kappa shape index (κ3) is 5.37. The van der Waals surface area contributed by atoms with E-state index in [1.807, 2.05) is 0 Å². The van der Waals surface area contributed by atoms with Crippen LogP contribution in [0.5, 0.6) is 5.75 Å². The first-order valence-electron chi connectivity index (χ1n) is 5.65. The summed E-state index contributed by atoms with van der Waals surface area (Å²) < 4.78 is 5.37. The lowest BCUT2D eigenvalue weighted by Gasteiger charge is -2.19. The standard InChI is InChI=1S/C14H15Cl2NO2/c1-3-5-17(6-4-2)14(18)10-19-13-8-11(15)7-12(16)9-13/h3-4,7-9H,1-2,5-6,10H2. The van der Waals surface area contributed by atoms with E-state index >= 15 is 0 Å². The molecular weight excluding hydrogens is 285 g/mol. The Kier molecular flexibility index (Phi) is 6.46. The van der Waals surface area contributed by atoms with Crippen LogP contribution in [0, 0.1) is 0 Å². The van der Waals surface area contributed by atoms with Gasteiger partial charge in [-0.3, -0.25) is 4.79 Å². The largest absolute Gasteiger partial charge is 0.484 e. The Bertz CT molecular complexity index is 444. The number of halogens is 2. The number of hydrogen-bond donors (Lipinski definition) is 0. The summed E-state index contributed by atoms with van der Waals surface area (Å²) in [6, 6.07) is 4.80. The Morgan fingerprint density at radius 2 is 1.68 bits per heavy atom. The predicted molar refractivity (Wildman–Crippen MR) is 78.9 cm³/mol. The third-order valence-electron chi connectivity index (χ3n) is 2.25. The van der Waals surface area contributed by atoms with Crippen LogP contribution in [0.4, 0.5) is 0 Å². The maximum absolute atomic E-state index is 11.9. The Labute approximate surface area is 123 Å². The molecule has 1 aromatic carbocycles. The second-order valence-corrected chi connectivity index (χ2v) is 4.64. The van der Waals surface area contributed by atoms with Crippen molar-refractivity contribution >= 4 is 29.1 Å². The summed E-state index contributed by atoms with van der Waals surface area (Å²) in [6.45, 7) is 8.02. The maximum atomic E-state index is 11.9. The van der Waals surface area contributed by atoms with Gasteiger partial charge < -0.3 is 9.64 Å². The van der Waals surface area contributed by atoms with Gasteiger partial charge in [0.15, 0.2) is 6.61 Å². The molecule has 0 heterocycles. The quantitative estimate of drug-likeness (QED) is 0.720. The molecule has 0 radical (unpaired) electrons. The first-order valence-corrected chi connectivity index (χ1v) is 6.41. The number of benzene rings is 1. The number of ether oxygens (including phenoxy) is 1. The van der Waals surface area contributed by atoms with Gasteiger partial charge in [0, 0.05) is 23.1 Å². The van der Waals surface area contributed by atoms with Gasteiger partial charge in [-0.2, -0.15) is 0 Å². The van der Waals surface area contributed by atoms with Crippen molar-refractivity contribution < 1.29 is 9.53 Å². The monoisotopic (exact) mass is 299 g/mol. The molecule has 1 aromatic rings. The van der Waals surface area contributed by atoms with Gasteiger partial charge in [-0.05, 0) is 18.2 Å². The topological polar surface area (TPSA) is 29.5 Å². The molecular formula is C14H15Cl2NO2. The molecule has 1 amide bonds. The summed E-state index contributed by atoms with van der Waals surface area (Å²) >= 11 is 11.7. The van der Waals surface area contributed by atoms with Gasteiger partial charge in [-0.15, -0.1) is 13.2 Å². The number of carbonyl (C=O) groups is 1. The minimum Gasteiger partial charge on any atom is -0.484 e. The number of nitrogens with zero attached hydrogens (tertiary/aromatic N) is 1. The van der Waals surface area contributed by atoms with Gasteiger partial charge in [0.2, 0.25) is 0 Å². The number of amides is 1. The molecule has 0 unspecified atom stereocenters. The fraction of sp³-hybridized carbons (Fsp3) is 0.214. The molecule has 0 aliphatic heterocycles. The summed E-state index contributed by atoms with van der Waals surface area (Å²) in [5, 5.41) is 0.924. The van der Waals surface area contributed by atoms with Crippen molar-refractivity contribution in [1.29, 1.82) is 0 Å². The molecule has 0 aliphatic carbocycles. The molecule has 0 spiro atoms. The second kappa shape index (κ2) is 7.87. The Hall–Kier alpha value is -1.45. The molecule has 3 nitrogen and oxygen atoms in total. The molecule has 0 aromatic heterocycles. The van der Waals surface area contributed by atoms with Gasteiger partial charge in [0.05, 0.1) is 0 Å². The van der Waals surface area contributed by atoms with Crippen LogP contribution >= 0.6 is 23.2 Å². The van der Waals surface area contributed by atoms with E-state index in [-0.39, 0.29) is 12.5 Å². The van der Waals surface area contributed by atoms with Gasteiger partial charge in [0.1, 0.15) is 5.75 Å². The highest BCUT2D eigenvalue weighted by molar-refractivity contribution is 6.34. The molecule has 0 saturated heterocycles. The Balaban J connectivity index is 2.61. The summed E-state index contributed by atoms with van der Waals surface area (Å²) in [4.78, 5) is 13.5. The average molecular weight is 300 g/mol. The van der Waals surface area contributed by atoms with Crippen LogP contribution in [0.1, 0.15) is 0 Å². The van der Waals surface area contributed by atoms with Crippen LogP contribution < -0.4 is 4.74 Å². The summed E-state index contributed by atoms with van der Waals surface area (Å²) in [7, 11) is 0. The highest BCUT2D eigenvalue weighted by Gasteiger charge is 2.11. The minimum absolute atomic E-state index is 0.0850. The van der Waals surface area contributed by atoms with Crippen LogP contribution in [0.3, 0.4) is 0 Å². The molecule has 0 bridgehead atoms. The third-order valence-corrected chi connectivity index (χ3v) is 2.69. The molecule has 0 N–H and O–H groups in total. The normalized spacial score (nSPS) is 9.79. The lowest BCUT2D eigenvalue weighted by atomic mass is 10.3. The molecule has 0 fully saturated rings. The molecule has 102 valence electrons. The Morgan fingerprint density at radius 1 is 1.16 bits per heavy atom. The number of carbonyl (C=O) groups excluding carboxylic acids is 1. The fourth-order valence-corrected chi connectivity index (χ4v) is 1.94. The van der Waals surface area contributed by atoms with Gasteiger partial charge >= 0.3 is 0 Å². The van der Waals surface area contributed by atoms with Crippen molar-refractivity contribution in [3.8, 4) is 5.75 Å². The van der Waals surface area contributed by atoms with Crippen molar-refractivity contribution in [2.24, 2.45) is 0 Å². The highest BCUT2D eigenvalue weighted by atomic mass is 35.5. The lowest BCUT2D eigenvalue weighted by Crippen LogP contribution is -2.35. The predicted octanol–water partition coefficient (Wildman–Crippen LogP) is 3.57. The van der Waals surface area contributed by atoms with Crippen molar-refractivity contribution in [2.45, 2.75) is 0 Å². The number of hydrogen-bond acceptors (Lipinski definition) is 2. The molecule has 0 saturated carbocycles. The van der Waals surface area contributed by atoms with Crippen molar-refractivity contribution in [2.75, 3.05) is 19.7 Å². The first-order chi connectivity index (χ1) is 9.06. The van der Waals surface area contributed by atoms with Gasteiger partial charge in [-0.25, -0.2) is 0 Å². The van der Waals surface area contributed by atoms with Crippen LogP contribution in [0.2, 0.25) is 10.0 Å². The van der Waals surface area contributed by atoms with E-state index in [1.54, 1.807) is 35.3 Å². The average Bonchev–Trinajstić information content (AvgIpc) is 2.34. The van der Waals surface area contributed by atoms with Crippen molar-refractivity contribution in [1.82, 2.24) is 4.90 Å². The van der Waals surface area contributed by atoms with Crippen LogP contribution in [-0.2, 0) is 4.79 Å².